The fourth-order valence-corrected chi connectivity index (χ4v) is 2.54. The molecule has 0 aliphatic rings. The molecule has 0 saturated carbocycles. The Morgan fingerprint density at radius 3 is 2.46 bits per heavy atom. The van der Waals surface area contributed by atoms with Crippen molar-refractivity contribution in [3.05, 3.63) is 54.1 Å². The Bertz CT molecular complexity index is 684. The monoisotopic (exact) mass is 356 g/mol. The van der Waals surface area contributed by atoms with Gasteiger partial charge >= 0.3 is 0 Å². The molecule has 0 heterocycles. The topological polar surface area (TPSA) is 59.6 Å². The van der Waals surface area contributed by atoms with Crippen molar-refractivity contribution >= 4 is 17.3 Å². The summed E-state index contributed by atoms with van der Waals surface area (Å²) in [5.74, 6) is 1.07. The van der Waals surface area contributed by atoms with Crippen molar-refractivity contribution < 1.29 is 14.3 Å². The zero-order valence-corrected chi connectivity index (χ0v) is 15.7. The number of hydrogen-bond acceptors (Lipinski definition) is 4. The van der Waals surface area contributed by atoms with Gasteiger partial charge in [0.15, 0.2) is 0 Å². The van der Waals surface area contributed by atoms with Gasteiger partial charge < -0.3 is 20.1 Å². The molecule has 5 nitrogen and oxygen atoms in total. The van der Waals surface area contributed by atoms with Crippen molar-refractivity contribution in [3.8, 4) is 5.75 Å². The molecule has 2 N–H and O–H groups in total. The van der Waals surface area contributed by atoms with E-state index in [0.717, 1.165) is 17.1 Å². The van der Waals surface area contributed by atoms with Gasteiger partial charge in [-0.05, 0) is 48.7 Å². The molecule has 0 fully saturated rings. The number of benzene rings is 2. The number of carbonyl (C=O) groups excluding carboxylic acids is 1. The maximum atomic E-state index is 12.2. The van der Waals surface area contributed by atoms with Crippen LogP contribution in [0, 0.1) is 0 Å². The number of ether oxygens (including phenoxy) is 2. The summed E-state index contributed by atoms with van der Waals surface area (Å²) in [7, 11) is 0. The van der Waals surface area contributed by atoms with Crippen molar-refractivity contribution in [1.29, 1.82) is 0 Å². The summed E-state index contributed by atoms with van der Waals surface area (Å²) >= 11 is 0. The summed E-state index contributed by atoms with van der Waals surface area (Å²) in [6.07, 6.45) is 0. The number of anilines is 2. The van der Waals surface area contributed by atoms with E-state index in [1.807, 2.05) is 49.4 Å². The van der Waals surface area contributed by atoms with E-state index in [4.69, 9.17) is 9.47 Å². The van der Waals surface area contributed by atoms with Crippen LogP contribution >= 0.6 is 0 Å². The molecule has 0 atom stereocenters. The number of rotatable bonds is 10. The molecule has 2 rings (SSSR count). The van der Waals surface area contributed by atoms with Gasteiger partial charge in [-0.1, -0.05) is 32.0 Å². The van der Waals surface area contributed by atoms with Crippen molar-refractivity contribution in [3.63, 3.8) is 0 Å². The predicted molar refractivity (Wildman–Crippen MR) is 106 cm³/mol. The SMILES string of the molecule is CCOCCOc1ccc(NC(=O)CNc2ccccc2C(C)C)cc1. The van der Waals surface area contributed by atoms with Crippen molar-refractivity contribution in [1.82, 2.24) is 0 Å². The molecule has 0 spiro atoms. The Hall–Kier alpha value is -2.53. The van der Waals surface area contributed by atoms with Crippen LogP contribution in [0.1, 0.15) is 32.3 Å². The van der Waals surface area contributed by atoms with Crippen LogP contribution in [0.25, 0.3) is 0 Å². The maximum absolute atomic E-state index is 12.2. The van der Waals surface area contributed by atoms with Crippen LogP contribution in [-0.4, -0.2) is 32.3 Å². The second-order valence-corrected chi connectivity index (χ2v) is 6.21. The Morgan fingerprint density at radius 1 is 1.04 bits per heavy atom. The zero-order valence-electron chi connectivity index (χ0n) is 15.7. The lowest BCUT2D eigenvalue weighted by molar-refractivity contribution is -0.114. The lowest BCUT2D eigenvalue weighted by atomic mass is 10.0. The molecular weight excluding hydrogens is 328 g/mol. The van der Waals surface area contributed by atoms with E-state index in [2.05, 4.69) is 30.5 Å². The van der Waals surface area contributed by atoms with Crippen LogP contribution in [0.15, 0.2) is 48.5 Å². The molecular formula is C21H28N2O3. The van der Waals surface area contributed by atoms with E-state index in [-0.39, 0.29) is 12.5 Å². The third-order valence-electron chi connectivity index (χ3n) is 3.86. The van der Waals surface area contributed by atoms with Crippen LogP contribution in [-0.2, 0) is 9.53 Å². The zero-order chi connectivity index (χ0) is 18.8. The number of amides is 1. The minimum Gasteiger partial charge on any atom is -0.491 e. The van der Waals surface area contributed by atoms with Crippen LogP contribution < -0.4 is 15.4 Å². The molecule has 0 aliphatic heterocycles. The van der Waals surface area contributed by atoms with Crippen molar-refractivity contribution in [2.75, 3.05) is 37.0 Å². The van der Waals surface area contributed by atoms with E-state index in [1.165, 1.54) is 5.56 Å². The predicted octanol–water partition coefficient (Wildman–Crippen LogP) is 4.28. The number of para-hydroxylation sites is 1. The van der Waals surface area contributed by atoms with Gasteiger partial charge in [0.25, 0.3) is 0 Å². The average molecular weight is 356 g/mol. The first-order chi connectivity index (χ1) is 12.6. The first-order valence-corrected chi connectivity index (χ1v) is 9.03. The first kappa shape index (κ1) is 19.8. The lowest BCUT2D eigenvalue weighted by Crippen LogP contribution is -2.22. The third-order valence-corrected chi connectivity index (χ3v) is 3.86. The Balaban J connectivity index is 1.81. The third kappa shape index (κ3) is 6.41. The summed E-state index contributed by atoms with van der Waals surface area (Å²) < 4.78 is 10.8. The first-order valence-electron chi connectivity index (χ1n) is 9.03. The summed E-state index contributed by atoms with van der Waals surface area (Å²) in [6.45, 7) is 8.21. The molecule has 0 aliphatic carbocycles. The molecule has 0 radical (unpaired) electrons. The second kappa shape index (κ2) is 10.5. The van der Waals surface area contributed by atoms with Gasteiger partial charge in [-0.3, -0.25) is 4.79 Å². The molecule has 0 aromatic heterocycles. The highest BCUT2D eigenvalue weighted by molar-refractivity contribution is 5.93. The van der Waals surface area contributed by atoms with Gasteiger partial charge in [-0.15, -0.1) is 0 Å². The van der Waals surface area contributed by atoms with Crippen LogP contribution in [0.2, 0.25) is 0 Å². The minimum absolute atomic E-state index is 0.0893. The molecule has 1 amide bonds. The smallest absolute Gasteiger partial charge is 0.243 e. The summed E-state index contributed by atoms with van der Waals surface area (Å²) in [6, 6.07) is 15.4. The second-order valence-electron chi connectivity index (χ2n) is 6.21. The van der Waals surface area contributed by atoms with E-state index in [1.54, 1.807) is 0 Å². The molecule has 140 valence electrons. The molecule has 0 bridgehead atoms. The normalized spacial score (nSPS) is 10.6. The number of hydrogen-bond donors (Lipinski definition) is 2. The molecule has 26 heavy (non-hydrogen) atoms. The summed E-state index contributed by atoms with van der Waals surface area (Å²) in [5.41, 5.74) is 2.94. The van der Waals surface area contributed by atoms with E-state index in [9.17, 15) is 4.79 Å². The molecule has 2 aromatic carbocycles. The largest absolute Gasteiger partial charge is 0.491 e. The lowest BCUT2D eigenvalue weighted by Gasteiger charge is -2.14. The van der Waals surface area contributed by atoms with Gasteiger partial charge in [0, 0.05) is 18.0 Å². The highest BCUT2D eigenvalue weighted by Gasteiger charge is 2.08. The maximum Gasteiger partial charge on any atom is 0.243 e. The highest BCUT2D eigenvalue weighted by Crippen LogP contribution is 2.23. The highest BCUT2D eigenvalue weighted by atomic mass is 16.5. The van der Waals surface area contributed by atoms with Crippen molar-refractivity contribution in [2.24, 2.45) is 0 Å². The Labute approximate surface area is 155 Å². The average Bonchev–Trinajstić information content (AvgIpc) is 2.65. The van der Waals surface area contributed by atoms with E-state index >= 15 is 0 Å². The fourth-order valence-electron chi connectivity index (χ4n) is 2.54. The van der Waals surface area contributed by atoms with Gasteiger partial charge in [-0.2, -0.15) is 0 Å². The minimum atomic E-state index is -0.0893. The van der Waals surface area contributed by atoms with Crippen LogP contribution in [0.5, 0.6) is 5.75 Å². The summed E-state index contributed by atoms with van der Waals surface area (Å²) in [4.78, 5) is 12.2. The Kier molecular flexibility index (Phi) is 7.96. The molecule has 5 heteroatoms. The molecule has 0 unspecified atom stereocenters. The number of carbonyl (C=O) groups is 1. The van der Waals surface area contributed by atoms with Gasteiger partial charge in [-0.25, -0.2) is 0 Å². The molecule has 2 aromatic rings. The van der Waals surface area contributed by atoms with E-state index < -0.39 is 0 Å². The fraction of sp³-hybridized carbons (Fsp3) is 0.381. The van der Waals surface area contributed by atoms with Crippen LogP contribution in [0.4, 0.5) is 11.4 Å². The quantitative estimate of drug-likeness (QED) is 0.624. The standard InChI is InChI=1S/C21H28N2O3/c1-4-25-13-14-26-18-11-9-17(10-12-18)23-21(24)15-22-20-8-6-5-7-19(20)16(2)3/h5-12,16,22H,4,13-15H2,1-3H3,(H,23,24). The van der Waals surface area contributed by atoms with Gasteiger partial charge in [0.05, 0.1) is 13.2 Å². The van der Waals surface area contributed by atoms with Crippen LogP contribution in [0.3, 0.4) is 0 Å². The summed E-state index contributed by atoms with van der Waals surface area (Å²) in [5, 5.41) is 6.10. The number of nitrogens with one attached hydrogen (secondary N) is 2. The van der Waals surface area contributed by atoms with Gasteiger partial charge in [0.2, 0.25) is 5.91 Å². The van der Waals surface area contributed by atoms with E-state index in [0.29, 0.717) is 25.7 Å². The Morgan fingerprint density at radius 2 is 1.77 bits per heavy atom. The molecule has 0 saturated heterocycles. The van der Waals surface area contributed by atoms with Gasteiger partial charge in [0.1, 0.15) is 12.4 Å². The van der Waals surface area contributed by atoms with Crippen molar-refractivity contribution in [2.45, 2.75) is 26.7 Å².